The van der Waals surface area contributed by atoms with E-state index >= 15 is 0 Å². The number of aryl methyl sites for hydroxylation is 1. The number of nitrogens with one attached hydrogen (secondary N) is 2. The quantitative estimate of drug-likeness (QED) is 0.255. The van der Waals surface area contributed by atoms with Crippen molar-refractivity contribution in [1.82, 2.24) is 14.9 Å². The zero-order valence-electron chi connectivity index (χ0n) is 23.5. The molecule has 2 amide bonds. The molecule has 40 heavy (non-hydrogen) atoms. The topological polar surface area (TPSA) is 100 Å². The number of ether oxygens (including phenoxy) is 1. The number of hydrogen-bond acceptors (Lipinski definition) is 6. The Morgan fingerprint density at radius 2 is 1.73 bits per heavy atom. The van der Waals surface area contributed by atoms with E-state index in [1.165, 1.54) is 0 Å². The van der Waals surface area contributed by atoms with Crippen LogP contribution >= 0.6 is 0 Å². The number of nitrogens with zero attached hydrogens (tertiary/aromatic N) is 4. The van der Waals surface area contributed by atoms with Crippen molar-refractivity contribution in [2.75, 3.05) is 10.6 Å². The van der Waals surface area contributed by atoms with Gasteiger partial charge in [0.05, 0.1) is 11.3 Å². The van der Waals surface area contributed by atoms with Crippen molar-refractivity contribution < 1.29 is 18.9 Å². The summed E-state index contributed by atoms with van der Waals surface area (Å²) in [5, 5.41) is 6.20. The third-order valence-corrected chi connectivity index (χ3v) is 6.25. The molecule has 0 saturated heterocycles. The van der Waals surface area contributed by atoms with E-state index in [0.29, 0.717) is 22.9 Å². The van der Waals surface area contributed by atoms with E-state index in [1.54, 1.807) is 27.8 Å². The largest absolute Gasteiger partial charge is 0.415 e. The Morgan fingerprint density at radius 3 is 2.45 bits per heavy atom. The molecule has 0 fully saturated rings. The van der Waals surface area contributed by atoms with Crippen LogP contribution in [0.4, 0.5) is 22.1 Å². The number of hydrogen-bond donors (Lipinski definition) is 2. The summed E-state index contributed by atoms with van der Waals surface area (Å²) in [5.74, 6) is 0.233. The van der Waals surface area contributed by atoms with Crippen molar-refractivity contribution in [3.8, 4) is 11.3 Å². The molecule has 0 saturated carbocycles. The molecule has 0 spiro atoms. The van der Waals surface area contributed by atoms with Crippen LogP contribution in [0.25, 0.3) is 11.3 Å². The molecule has 0 unspecified atom stereocenters. The van der Waals surface area contributed by atoms with Crippen molar-refractivity contribution >= 4 is 29.3 Å². The van der Waals surface area contributed by atoms with E-state index in [-0.39, 0.29) is 30.8 Å². The van der Waals surface area contributed by atoms with E-state index < -0.39 is 0 Å². The summed E-state index contributed by atoms with van der Waals surface area (Å²) >= 11 is 0. The highest BCUT2D eigenvalue weighted by molar-refractivity contribution is 6.04. The first-order chi connectivity index (χ1) is 19.2. The van der Waals surface area contributed by atoms with E-state index in [1.807, 2.05) is 102 Å². The van der Waals surface area contributed by atoms with Gasteiger partial charge in [-0.15, -0.1) is 0 Å². The van der Waals surface area contributed by atoms with E-state index in [9.17, 15) is 9.59 Å². The van der Waals surface area contributed by atoms with Crippen LogP contribution in [0.3, 0.4) is 0 Å². The molecule has 4 aromatic rings. The van der Waals surface area contributed by atoms with Gasteiger partial charge in [-0.05, 0) is 76.6 Å². The van der Waals surface area contributed by atoms with E-state index in [0.717, 1.165) is 16.8 Å². The molecule has 0 aliphatic heterocycles. The first kappa shape index (κ1) is 28.2. The molecule has 2 heterocycles. The molecular weight excluding hydrogens is 504 g/mol. The van der Waals surface area contributed by atoms with Crippen LogP contribution in [-0.2, 0) is 11.5 Å². The fourth-order valence-electron chi connectivity index (χ4n) is 4.30. The average Bonchev–Trinajstić information content (AvgIpc) is 2.94. The highest BCUT2D eigenvalue weighted by Crippen LogP contribution is 2.24. The lowest BCUT2D eigenvalue weighted by molar-refractivity contribution is -0.727. The van der Waals surface area contributed by atoms with Crippen LogP contribution in [0.5, 0.6) is 0 Å². The maximum Gasteiger partial charge on any atom is 0.415 e. The second-order valence-electron chi connectivity index (χ2n) is 9.98. The third kappa shape index (κ3) is 7.19. The number of rotatable bonds is 9. The van der Waals surface area contributed by atoms with Gasteiger partial charge >= 0.3 is 6.09 Å². The molecule has 2 N–H and O–H groups in total. The lowest BCUT2D eigenvalue weighted by atomic mass is 10.1. The van der Waals surface area contributed by atoms with Crippen LogP contribution in [-0.4, -0.2) is 39.0 Å². The van der Waals surface area contributed by atoms with Gasteiger partial charge in [0.2, 0.25) is 5.95 Å². The maximum absolute atomic E-state index is 12.6. The SMILES string of the molecule is Cc1ccc(NC(=O)c2ccccc2)cc1Nc1nccc(-c2ccc[n+](COC(=O)N(C(C)C)C(C)C)c2)n1. The van der Waals surface area contributed by atoms with Crippen molar-refractivity contribution in [2.45, 2.75) is 53.4 Å². The molecule has 9 heteroatoms. The van der Waals surface area contributed by atoms with Gasteiger partial charge < -0.3 is 20.3 Å². The van der Waals surface area contributed by atoms with Crippen molar-refractivity contribution in [3.05, 3.63) is 96.4 Å². The smallest absolute Gasteiger partial charge is 0.388 e. The molecule has 0 atom stereocenters. The number of carbonyl (C=O) groups is 2. The first-order valence-corrected chi connectivity index (χ1v) is 13.2. The van der Waals surface area contributed by atoms with Crippen molar-refractivity contribution in [2.24, 2.45) is 0 Å². The lowest BCUT2D eigenvalue weighted by Crippen LogP contribution is -2.45. The summed E-state index contributed by atoms with van der Waals surface area (Å²) in [6.07, 6.45) is 5.04. The molecule has 0 aliphatic carbocycles. The van der Waals surface area contributed by atoms with E-state index in [2.05, 4.69) is 20.6 Å². The molecule has 9 nitrogen and oxygen atoms in total. The van der Waals surface area contributed by atoms with Crippen LogP contribution < -0.4 is 15.2 Å². The minimum atomic E-state index is -0.353. The second-order valence-corrected chi connectivity index (χ2v) is 9.98. The first-order valence-electron chi connectivity index (χ1n) is 13.2. The summed E-state index contributed by atoms with van der Waals surface area (Å²) in [4.78, 5) is 36.0. The Kier molecular flexibility index (Phi) is 9.06. The normalized spacial score (nSPS) is 10.9. The summed E-state index contributed by atoms with van der Waals surface area (Å²) in [6.45, 7) is 9.92. The Hall–Kier alpha value is -4.79. The fraction of sp³-hybridized carbons (Fsp3) is 0.258. The van der Waals surface area contributed by atoms with Gasteiger partial charge in [-0.2, -0.15) is 4.57 Å². The standard InChI is InChI=1S/C31H34N6O3/c1-21(2)37(22(3)4)31(39)40-20-36-17-9-12-25(19-36)27-15-16-32-30(34-27)35-28-18-26(14-13-23(28)5)33-29(38)24-10-7-6-8-11-24/h6-19,21-22H,20H2,1-5H3,(H-,32,33,34,35,38)/p+1. The predicted molar refractivity (Wildman–Crippen MR) is 155 cm³/mol. The number of aromatic nitrogens is 3. The number of pyridine rings is 1. The Balaban J connectivity index is 1.46. The minimum absolute atomic E-state index is 0.0419. The molecule has 206 valence electrons. The summed E-state index contributed by atoms with van der Waals surface area (Å²) in [5.41, 5.74) is 4.54. The number of anilines is 3. The van der Waals surface area contributed by atoms with Crippen LogP contribution in [0.15, 0.2) is 85.3 Å². The van der Waals surface area contributed by atoms with Gasteiger partial charge in [0.25, 0.3) is 12.6 Å². The molecule has 2 aromatic carbocycles. The monoisotopic (exact) mass is 539 g/mol. The van der Waals surface area contributed by atoms with Gasteiger partial charge in [0.1, 0.15) is 0 Å². The maximum atomic E-state index is 12.6. The van der Waals surface area contributed by atoms with Gasteiger partial charge in [0, 0.05) is 41.3 Å². The number of carbonyl (C=O) groups excluding carboxylic acids is 2. The predicted octanol–water partition coefficient (Wildman–Crippen LogP) is 5.95. The fourth-order valence-corrected chi connectivity index (χ4v) is 4.30. The Morgan fingerprint density at radius 1 is 0.975 bits per heavy atom. The third-order valence-electron chi connectivity index (χ3n) is 6.25. The van der Waals surface area contributed by atoms with Gasteiger partial charge in [-0.25, -0.2) is 14.8 Å². The molecule has 2 aromatic heterocycles. The van der Waals surface area contributed by atoms with Gasteiger partial charge in [-0.3, -0.25) is 4.79 Å². The molecule has 0 radical (unpaired) electrons. The van der Waals surface area contributed by atoms with Gasteiger partial charge in [-0.1, -0.05) is 24.3 Å². The average molecular weight is 540 g/mol. The second kappa shape index (κ2) is 12.8. The molecule has 0 aliphatic rings. The zero-order chi connectivity index (χ0) is 28.6. The molecule has 0 bridgehead atoms. The summed E-state index contributed by atoms with van der Waals surface area (Å²) in [6, 6.07) is 20.4. The van der Waals surface area contributed by atoms with Crippen LogP contribution in [0.1, 0.15) is 43.6 Å². The highest BCUT2D eigenvalue weighted by atomic mass is 16.6. The summed E-state index contributed by atoms with van der Waals surface area (Å²) < 4.78 is 7.36. The summed E-state index contributed by atoms with van der Waals surface area (Å²) in [7, 11) is 0. The van der Waals surface area contributed by atoms with Crippen LogP contribution in [0.2, 0.25) is 0 Å². The lowest BCUT2D eigenvalue weighted by Gasteiger charge is -2.29. The molecular formula is C31H35N6O3+. The van der Waals surface area contributed by atoms with Crippen molar-refractivity contribution in [1.29, 1.82) is 0 Å². The highest BCUT2D eigenvalue weighted by Gasteiger charge is 2.22. The minimum Gasteiger partial charge on any atom is -0.388 e. The van der Waals surface area contributed by atoms with Gasteiger partial charge in [0.15, 0.2) is 12.4 Å². The van der Waals surface area contributed by atoms with Crippen LogP contribution in [0, 0.1) is 6.92 Å². The van der Waals surface area contributed by atoms with E-state index in [4.69, 9.17) is 4.74 Å². The Labute approximate surface area is 234 Å². The number of benzene rings is 2. The number of amides is 2. The van der Waals surface area contributed by atoms with Crippen molar-refractivity contribution in [3.63, 3.8) is 0 Å². The molecule has 4 rings (SSSR count). The Bertz CT molecular complexity index is 1470. The zero-order valence-corrected chi connectivity index (χ0v) is 23.5.